The summed E-state index contributed by atoms with van der Waals surface area (Å²) < 4.78 is 0. The van der Waals surface area contributed by atoms with Crippen LogP contribution in [0.25, 0.3) is 0 Å². The molecule has 0 bridgehead atoms. The Morgan fingerprint density at radius 1 is 1.47 bits per heavy atom. The van der Waals surface area contributed by atoms with Crippen LogP contribution in [0.3, 0.4) is 0 Å². The molecule has 0 spiro atoms. The number of rotatable bonds is 4. The van der Waals surface area contributed by atoms with E-state index in [2.05, 4.69) is 32.8 Å². The van der Waals surface area contributed by atoms with E-state index in [1.54, 1.807) is 0 Å². The zero-order chi connectivity index (χ0) is 14.0. The summed E-state index contributed by atoms with van der Waals surface area (Å²) in [5.41, 5.74) is 1.33. The highest BCUT2D eigenvalue weighted by atomic mass is 79.9. The molecular formula is C13H18BrN3O2. The Morgan fingerprint density at radius 2 is 2.21 bits per heavy atom. The molecule has 1 fully saturated rings. The van der Waals surface area contributed by atoms with E-state index in [1.165, 1.54) is 4.90 Å². The number of halogens is 1. The first kappa shape index (κ1) is 14.2. The van der Waals surface area contributed by atoms with Gasteiger partial charge in [0.15, 0.2) is 0 Å². The molecule has 1 amide bonds. The molecule has 5 nitrogen and oxygen atoms in total. The number of alkyl halides is 1. The van der Waals surface area contributed by atoms with Crippen LogP contribution in [-0.2, 0) is 11.2 Å². The topological polar surface area (TPSA) is 66.1 Å². The highest BCUT2D eigenvalue weighted by Crippen LogP contribution is 2.22. The number of aromatic nitrogens is 2. The first-order valence-electron chi connectivity index (χ1n) is 6.57. The molecule has 1 saturated heterocycles. The summed E-state index contributed by atoms with van der Waals surface area (Å²) in [4.78, 5) is 32.7. The summed E-state index contributed by atoms with van der Waals surface area (Å²) in [5, 5.41) is 0. The third kappa shape index (κ3) is 3.05. The van der Waals surface area contributed by atoms with Crippen molar-refractivity contribution >= 4 is 27.8 Å². The fraction of sp³-hybridized carbons (Fsp3) is 0.615. The molecule has 1 aromatic rings. The number of carbonyl (C=O) groups is 1. The molecule has 1 aliphatic heterocycles. The Balaban J connectivity index is 2.30. The Bertz CT molecular complexity index is 541. The molecule has 1 atom stereocenters. The van der Waals surface area contributed by atoms with Crippen molar-refractivity contribution in [2.24, 2.45) is 0 Å². The number of aromatic amines is 1. The fourth-order valence-electron chi connectivity index (χ4n) is 2.24. The van der Waals surface area contributed by atoms with Gasteiger partial charge < -0.3 is 0 Å². The lowest BCUT2D eigenvalue weighted by atomic mass is 10.1. The Hall–Kier alpha value is -1.17. The second-order valence-electron chi connectivity index (χ2n) is 4.86. The second-order valence-corrected chi connectivity index (χ2v) is 6.16. The maximum Gasteiger partial charge on any atom is 0.255 e. The van der Waals surface area contributed by atoms with Gasteiger partial charge in [-0.2, -0.15) is 0 Å². The van der Waals surface area contributed by atoms with E-state index < -0.39 is 0 Å². The predicted octanol–water partition coefficient (Wildman–Crippen LogP) is 1.92. The molecule has 1 aliphatic rings. The van der Waals surface area contributed by atoms with E-state index >= 15 is 0 Å². The normalized spacial score (nSPS) is 19.2. The largest absolute Gasteiger partial charge is 0.292 e. The van der Waals surface area contributed by atoms with Gasteiger partial charge in [-0.25, -0.2) is 4.98 Å². The maximum atomic E-state index is 12.1. The van der Waals surface area contributed by atoms with Gasteiger partial charge in [0.25, 0.3) is 5.56 Å². The molecule has 0 aliphatic carbocycles. The Morgan fingerprint density at radius 3 is 2.74 bits per heavy atom. The molecule has 2 heterocycles. The average Bonchev–Trinajstić information content (AvgIpc) is 2.67. The zero-order valence-electron chi connectivity index (χ0n) is 11.2. The van der Waals surface area contributed by atoms with Gasteiger partial charge in [-0.3, -0.25) is 19.5 Å². The minimum Gasteiger partial charge on any atom is -0.292 e. The molecule has 0 saturated carbocycles. The van der Waals surface area contributed by atoms with Crippen LogP contribution in [0, 0.1) is 6.92 Å². The van der Waals surface area contributed by atoms with E-state index in [0.29, 0.717) is 18.9 Å². The number of hydrogen-bond donors (Lipinski definition) is 1. The number of anilines is 1. The lowest BCUT2D eigenvalue weighted by molar-refractivity contribution is -0.117. The van der Waals surface area contributed by atoms with Gasteiger partial charge in [-0.15, -0.1) is 0 Å². The Labute approximate surface area is 120 Å². The third-order valence-corrected chi connectivity index (χ3v) is 3.94. The van der Waals surface area contributed by atoms with Crippen LogP contribution in [0.2, 0.25) is 0 Å². The van der Waals surface area contributed by atoms with Gasteiger partial charge >= 0.3 is 0 Å². The third-order valence-electron chi connectivity index (χ3n) is 3.32. The first-order valence-corrected chi connectivity index (χ1v) is 7.48. The van der Waals surface area contributed by atoms with Crippen LogP contribution in [0.4, 0.5) is 5.95 Å². The highest BCUT2D eigenvalue weighted by molar-refractivity contribution is 9.09. The monoisotopic (exact) mass is 327 g/mol. The van der Waals surface area contributed by atoms with E-state index in [4.69, 9.17) is 0 Å². The SMILES string of the molecule is CCCCc1c(C)nc(N2CC(Br)CC2=O)[nH]c1=O. The summed E-state index contributed by atoms with van der Waals surface area (Å²) >= 11 is 3.42. The number of amides is 1. The van der Waals surface area contributed by atoms with Gasteiger partial charge in [0.05, 0.1) is 0 Å². The minimum atomic E-state index is -0.123. The van der Waals surface area contributed by atoms with E-state index in [0.717, 1.165) is 30.5 Å². The van der Waals surface area contributed by atoms with Crippen LogP contribution in [0.5, 0.6) is 0 Å². The summed E-state index contributed by atoms with van der Waals surface area (Å²) in [6, 6.07) is 0. The zero-order valence-corrected chi connectivity index (χ0v) is 12.8. The van der Waals surface area contributed by atoms with Crippen LogP contribution in [0.15, 0.2) is 4.79 Å². The number of H-pyrrole nitrogens is 1. The molecule has 1 unspecified atom stereocenters. The van der Waals surface area contributed by atoms with Gasteiger partial charge in [0.2, 0.25) is 11.9 Å². The number of hydrogen-bond acceptors (Lipinski definition) is 3. The molecule has 104 valence electrons. The standard InChI is InChI=1S/C13H18BrN3O2/c1-3-4-5-10-8(2)15-13(16-12(10)19)17-7-9(14)6-11(17)18/h9H,3-7H2,1-2H3,(H,15,16,19). The molecule has 1 N–H and O–H groups in total. The predicted molar refractivity (Wildman–Crippen MR) is 77.9 cm³/mol. The minimum absolute atomic E-state index is 0.00858. The van der Waals surface area contributed by atoms with Crippen molar-refractivity contribution in [3.05, 3.63) is 21.6 Å². The molecule has 19 heavy (non-hydrogen) atoms. The van der Waals surface area contributed by atoms with Crippen molar-refractivity contribution in [1.29, 1.82) is 0 Å². The smallest absolute Gasteiger partial charge is 0.255 e. The number of aryl methyl sites for hydroxylation is 1. The maximum absolute atomic E-state index is 12.1. The van der Waals surface area contributed by atoms with Crippen molar-refractivity contribution in [2.75, 3.05) is 11.4 Å². The van der Waals surface area contributed by atoms with E-state index in [9.17, 15) is 9.59 Å². The van der Waals surface area contributed by atoms with Crippen LogP contribution >= 0.6 is 15.9 Å². The number of unbranched alkanes of at least 4 members (excludes halogenated alkanes) is 1. The van der Waals surface area contributed by atoms with Gasteiger partial charge in [-0.05, 0) is 19.8 Å². The molecular weight excluding hydrogens is 310 g/mol. The molecule has 0 aromatic carbocycles. The number of nitrogens with one attached hydrogen (secondary N) is 1. The van der Waals surface area contributed by atoms with Crippen molar-refractivity contribution in [3.8, 4) is 0 Å². The van der Waals surface area contributed by atoms with Crippen molar-refractivity contribution in [2.45, 2.75) is 44.4 Å². The quantitative estimate of drug-likeness (QED) is 0.859. The molecule has 2 rings (SSSR count). The number of nitrogens with zero attached hydrogens (tertiary/aromatic N) is 2. The van der Waals surface area contributed by atoms with Gasteiger partial charge in [-0.1, -0.05) is 29.3 Å². The van der Waals surface area contributed by atoms with E-state index in [-0.39, 0.29) is 16.3 Å². The average molecular weight is 328 g/mol. The lowest BCUT2D eigenvalue weighted by Gasteiger charge is -2.15. The lowest BCUT2D eigenvalue weighted by Crippen LogP contribution is -2.30. The summed E-state index contributed by atoms with van der Waals surface area (Å²) in [5.74, 6) is 0.362. The second kappa shape index (κ2) is 5.86. The summed E-state index contributed by atoms with van der Waals surface area (Å²) in [7, 11) is 0. The summed E-state index contributed by atoms with van der Waals surface area (Å²) in [6.45, 7) is 4.47. The van der Waals surface area contributed by atoms with Crippen LogP contribution in [-0.4, -0.2) is 27.2 Å². The fourth-order valence-corrected chi connectivity index (χ4v) is 2.81. The molecule has 0 radical (unpaired) electrons. The van der Waals surface area contributed by atoms with Gasteiger partial charge in [0.1, 0.15) is 0 Å². The summed E-state index contributed by atoms with van der Waals surface area (Å²) in [6.07, 6.45) is 3.19. The van der Waals surface area contributed by atoms with E-state index in [1.807, 2.05) is 6.92 Å². The number of carbonyl (C=O) groups excluding carboxylic acids is 1. The van der Waals surface area contributed by atoms with Crippen molar-refractivity contribution in [3.63, 3.8) is 0 Å². The molecule has 6 heteroatoms. The highest BCUT2D eigenvalue weighted by Gasteiger charge is 2.30. The Kier molecular flexibility index (Phi) is 4.39. The van der Waals surface area contributed by atoms with Gasteiger partial charge in [0, 0.05) is 29.1 Å². The van der Waals surface area contributed by atoms with Crippen LogP contribution < -0.4 is 10.5 Å². The van der Waals surface area contributed by atoms with Crippen molar-refractivity contribution in [1.82, 2.24) is 9.97 Å². The van der Waals surface area contributed by atoms with Crippen LogP contribution in [0.1, 0.15) is 37.4 Å². The first-order chi connectivity index (χ1) is 9.02. The molecule has 1 aromatic heterocycles. The van der Waals surface area contributed by atoms with Crippen molar-refractivity contribution < 1.29 is 4.79 Å².